The molecule has 2 aromatic carbocycles. The van der Waals surface area contributed by atoms with Gasteiger partial charge < -0.3 is 5.32 Å². The molecule has 1 amide bonds. The second-order valence-electron chi connectivity index (χ2n) is 6.00. The second kappa shape index (κ2) is 7.55. The second-order valence-corrected chi connectivity index (χ2v) is 7.37. The number of benzene rings is 2. The molecule has 0 saturated carbocycles. The lowest BCUT2D eigenvalue weighted by atomic mass is 9.99. The molecular weight excluding hydrogens is 306 g/mol. The van der Waals surface area contributed by atoms with Gasteiger partial charge in [0.25, 0.3) is 5.91 Å². The maximum atomic E-state index is 12.3. The van der Waals surface area contributed by atoms with E-state index in [1.54, 1.807) is 30.5 Å². The van der Waals surface area contributed by atoms with Gasteiger partial charge in [-0.05, 0) is 48.2 Å². The molecule has 0 radical (unpaired) electrons. The Hall–Kier alpha value is -1.94. The molecule has 0 fully saturated rings. The number of carbonyl (C=O) groups excluding carboxylic acids is 1. The van der Waals surface area contributed by atoms with Crippen LogP contribution in [0.25, 0.3) is 0 Å². The van der Waals surface area contributed by atoms with Crippen LogP contribution in [-0.4, -0.2) is 16.4 Å². The van der Waals surface area contributed by atoms with Crippen molar-refractivity contribution in [1.29, 1.82) is 0 Å². The third kappa shape index (κ3) is 4.52. The highest BCUT2D eigenvalue weighted by Gasteiger charge is 2.12. The van der Waals surface area contributed by atoms with Gasteiger partial charge in [-0.1, -0.05) is 38.1 Å². The number of hydrogen-bond donors (Lipinski definition) is 1. The predicted molar refractivity (Wildman–Crippen MR) is 95.2 cm³/mol. The zero-order valence-electron chi connectivity index (χ0n) is 14.0. The Kier molecular flexibility index (Phi) is 5.72. The number of nitrogens with one attached hydrogen (secondary N) is 1. The average Bonchev–Trinajstić information content (AvgIpc) is 2.54. The van der Waals surface area contributed by atoms with Crippen LogP contribution in [-0.2, 0) is 10.8 Å². The molecule has 23 heavy (non-hydrogen) atoms. The van der Waals surface area contributed by atoms with Gasteiger partial charge in [0.2, 0.25) is 0 Å². The van der Waals surface area contributed by atoms with Crippen LogP contribution in [0.1, 0.15) is 54.2 Å². The lowest BCUT2D eigenvalue weighted by Crippen LogP contribution is -2.26. The molecule has 1 N–H and O–H groups in total. The summed E-state index contributed by atoms with van der Waals surface area (Å²) >= 11 is 0. The van der Waals surface area contributed by atoms with Crippen LogP contribution in [0.3, 0.4) is 0 Å². The van der Waals surface area contributed by atoms with Crippen LogP contribution in [0, 0.1) is 0 Å². The van der Waals surface area contributed by atoms with Crippen molar-refractivity contribution >= 4 is 16.7 Å². The first-order valence-electron chi connectivity index (χ1n) is 7.72. The molecule has 0 bridgehead atoms. The van der Waals surface area contributed by atoms with E-state index in [0.29, 0.717) is 11.5 Å². The van der Waals surface area contributed by atoms with E-state index in [2.05, 4.69) is 43.4 Å². The van der Waals surface area contributed by atoms with Gasteiger partial charge in [0.05, 0.1) is 6.04 Å². The van der Waals surface area contributed by atoms with Crippen molar-refractivity contribution in [2.24, 2.45) is 0 Å². The van der Waals surface area contributed by atoms with Crippen LogP contribution < -0.4 is 5.32 Å². The number of carbonyl (C=O) groups is 1. The normalized spacial score (nSPS) is 13.6. The summed E-state index contributed by atoms with van der Waals surface area (Å²) in [6, 6.07) is 15.1. The molecule has 0 aromatic heterocycles. The number of hydrogen-bond acceptors (Lipinski definition) is 2. The molecule has 0 heterocycles. The third-order valence-electron chi connectivity index (χ3n) is 3.90. The van der Waals surface area contributed by atoms with E-state index < -0.39 is 10.8 Å². The van der Waals surface area contributed by atoms with Crippen LogP contribution in [0.5, 0.6) is 0 Å². The van der Waals surface area contributed by atoms with Crippen molar-refractivity contribution < 1.29 is 9.00 Å². The van der Waals surface area contributed by atoms with Crippen molar-refractivity contribution in [3.63, 3.8) is 0 Å². The van der Waals surface area contributed by atoms with Crippen molar-refractivity contribution in [3.8, 4) is 0 Å². The first kappa shape index (κ1) is 17.4. The van der Waals surface area contributed by atoms with E-state index in [9.17, 15) is 9.00 Å². The van der Waals surface area contributed by atoms with Gasteiger partial charge in [-0.25, -0.2) is 0 Å². The summed E-state index contributed by atoms with van der Waals surface area (Å²) in [4.78, 5) is 13.0. The monoisotopic (exact) mass is 329 g/mol. The molecular formula is C19H23NO2S. The summed E-state index contributed by atoms with van der Waals surface area (Å²) in [7, 11) is -1.03. The van der Waals surface area contributed by atoms with Gasteiger partial charge in [0, 0.05) is 27.5 Å². The molecule has 0 aliphatic rings. The molecule has 122 valence electrons. The number of amides is 1. The molecule has 0 aliphatic heterocycles. The molecule has 4 heteroatoms. The third-order valence-corrected chi connectivity index (χ3v) is 4.84. The summed E-state index contributed by atoms with van der Waals surface area (Å²) in [6.45, 7) is 6.29. The first-order valence-corrected chi connectivity index (χ1v) is 9.28. The fourth-order valence-corrected chi connectivity index (χ4v) is 2.85. The van der Waals surface area contributed by atoms with Gasteiger partial charge in [-0.15, -0.1) is 0 Å². The summed E-state index contributed by atoms with van der Waals surface area (Å²) in [5, 5.41) is 3.00. The molecule has 0 spiro atoms. The predicted octanol–water partition coefficient (Wildman–Crippen LogP) is 4.04. The van der Waals surface area contributed by atoms with Gasteiger partial charge in [-0.3, -0.25) is 9.00 Å². The molecule has 2 atom stereocenters. The standard InChI is InChI=1S/C19H23NO2S/c1-13(2)15-5-7-16(8-6-15)14(3)20-19(21)17-9-11-18(12-10-17)23(4)22/h5-14H,1-4H3,(H,20,21). The van der Waals surface area contributed by atoms with E-state index in [-0.39, 0.29) is 11.9 Å². The Morgan fingerprint density at radius 1 is 0.913 bits per heavy atom. The van der Waals surface area contributed by atoms with Crippen LogP contribution in [0.15, 0.2) is 53.4 Å². The SMILES string of the molecule is CC(C)c1ccc(C(C)NC(=O)c2ccc(S(C)=O)cc2)cc1. The number of rotatable bonds is 5. The molecule has 2 aromatic rings. The first-order chi connectivity index (χ1) is 10.9. The minimum absolute atomic E-state index is 0.0660. The largest absolute Gasteiger partial charge is 0.346 e. The topological polar surface area (TPSA) is 46.2 Å². The Morgan fingerprint density at radius 2 is 1.43 bits per heavy atom. The summed E-state index contributed by atoms with van der Waals surface area (Å²) in [5.74, 6) is 0.371. The van der Waals surface area contributed by atoms with Crippen molar-refractivity contribution in [1.82, 2.24) is 5.32 Å². The lowest BCUT2D eigenvalue weighted by molar-refractivity contribution is 0.0940. The fraction of sp³-hybridized carbons (Fsp3) is 0.316. The summed E-state index contributed by atoms with van der Waals surface area (Å²) < 4.78 is 11.4. The molecule has 2 unspecified atom stereocenters. The molecule has 0 saturated heterocycles. The maximum absolute atomic E-state index is 12.3. The van der Waals surface area contributed by atoms with E-state index in [1.807, 2.05) is 6.92 Å². The zero-order chi connectivity index (χ0) is 17.0. The Balaban J connectivity index is 2.05. The fourth-order valence-electron chi connectivity index (χ4n) is 2.33. The van der Waals surface area contributed by atoms with E-state index in [4.69, 9.17) is 0 Å². The minimum Gasteiger partial charge on any atom is -0.346 e. The highest BCUT2D eigenvalue weighted by atomic mass is 32.2. The van der Waals surface area contributed by atoms with Gasteiger partial charge in [0.15, 0.2) is 0 Å². The van der Waals surface area contributed by atoms with Crippen molar-refractivity contribution in [2.45, 2.75) is 37.6 Å². The van der Waals surface area contributed by atoms with Crippen LogP contribution >= 0.6 is 0 Å². The smallest absolute Gasteiger partial charge is 0.251 e. The summed E-state index contributed by atoms with van der Waals surface area (Å²) in [6.07, 6.45) is 1.62. The van der Waals surface area contributed by atoms with Crippen LogP contribution in [0.4, 0.5) is 0 Å². The molecule has 2 rings (SSSR count). The molecule has 3 nitrogen and oxygen atoms in total. The average molecular weight is 329 g/mol. The van der Waals surface area contributed by atoms with Gasteiger partial charge in [0.1, 0.15) is 0 Å². The zero-order valence-corrected chi connectivity index (χ0v) is 14.8. The van der Waals surface area contributed by atoms with E-state index >= 15 is 0 Å². The lowest BCUT2D eigenvalue weighted by Gasteiger charge is -2.15. The molecule has 0 aliphatic carbocycles. The Morgan fingerprint density at radius 3 is 1.91 bits per heavy atom. The van der Waals surface area contributed by atoms with Gasteiger partial charge in [-0.2, -0.15) is 0 Å². The van der Waals surface area contributed by atoms with Gasteiger partial charge >= 0.3 is 0 Å². The van der Waals surface area contributed by atoms with E-state index in [1.165, 1.54) is 5.56 Å². The van der Waals surface area contributed by atoms with Crippen LogP contribution in [0.2, 0.25) is 0 Å². The highest BCUT2D eigenvalue weighted by molar-refractivity contribution is 7.84. The quantitative estimate of drug-likeness (QED) is 0.900. The minimum atomic E-state index is -1.03. The Bertz CT molecular complexity index is 690. The highest BCUT2D eigenvalue weighted by Crippen LogP contribution is 2.19. The Labute approximate surface area is 140 Å². The maximum Gasteiger partial charge on any atom is 0.251 e. The van der Waals surface area contributed by atoms with Crippen molar-refractivity contribution in [3.05, 3.63) is 65.2 Å². The van der Waals surface area contributed by atoms with E-state index in [0.717, 1.165) is 10.5 Å². The van der Waals surface area contributed by atoms with Crippen molar-refractivity contribution in [2.75, 3.05) is 6.26 Å². The summed E-state index contributed by atoms with van der Waals surface area (Å²) in [5.41, 5.74) is 2.94.